The van der Waals surface area contributed by atoms with Crippen molar-refractivity contribution in [3.63, 3.8) is 0 Å². The Labute approximate surface area is 136 Å². The van der Waals surface area contributed by atoms with E-state index in [1.165, 1.54) is 0 Å². The van der Waals surface area contributed by atoms with Crippen LogP contribution in [0, 0.1) is 0 Å². The molecule has 1 aliphatic rings. The standard InChI is InChI=1S/C16H22Cl2N2O/c1-16(2,12-7-4-8-13(17)15(12)18)19-14(21)10-11-6-5-9-20(11)3/h4,7-8,11H,5-6,9-10H2,1-3H3,(H,19,21)/t11-/m1/s1. The molecular weight excluding hydrogens is 307 g/mol. The Balaban J connectivity index is 2.06. The largest absolute Gasteiger partial charge is 0.347 e. The number of nitrogens with zero attached hydrogens (tertiary/aromatic N) is 1. The maximum atomic E-state index is 12.3. The van der Waals surface area contributed by atoms with E-state index in [1.807, 2.05) is 26.0 Å². The van der Waals surface area contributed by atoms with Gasteiger partial charge in [-0.05, 0) is 51.9 Å². The molecule has 1 atom stereocenters. The van der Waals surface area contributed by atoms with Crippen molar-refractivity contribution < 1.29 is 4.79 Å². The fraction of sp³-hybridized carbons (Fsp3) is 0.562. The maximum absolute atomic E-state index is 12.3. The van der Waals surface area contributed by atoms with Gasteiger partial charge in [0.1, 0.15) is 0 Å². The first-order chi connectivity index (χ1) is 9.81. The van der Waals surface area contributed by atoms with Gasteiger partial charge in [-0.1, -0.05) is 35.3 Å². The molecule has 0 aliphatic carbocycles. The summed E-state index contributed by atoms with van der Waals surface area (Å²) < 4.78 is 0. The summed E-state index contributed by atoms with van der Waals surface area (Å²) in [4.78, 5) is 14.6. The van der Waals surface area contributed by atoms with Gasteiger partial charge in [0, 0.05) is 12.5 Å². The van der Waals surface area contributed by atoms with E-state index in [2.05, 4.69) is 17.3 Å². The van der Waals surface area contributed by atoms with Crippen molar-refractivity contribution in [3.05, 3.63) is 33.8 Å². The molecule has 1 heterocycles. The molecule has 1 aromatic rings. The third-order valence-electron chi connectivity index (χ3n) is 4.17. The van der Waals surface area contributed by atoms with E-state index in [9.17, 15) is 4.79 Å². The number of rotatable bonds is 4. The van der Waals surface area contributed by atoms with Crippen molar-refractivity contribution in [1.82, 2.24) is 10.2 Å². The molecule has 0 radical (unpaired) electrons. The number of carbonyl (C=O) groups excluding carboxylic acids is 1. The molecule has 3 nitrogen and oxygen atoms in total. The highest BCUT2D eigenvalue weighted by Crippen LogP contribution is 2.33. The van der Waals surface area contributed by atoms with E-state index in [4.69, 9.17) is 23.2 Å². The molecular formula is C16H22Cl2N2O. The molecule has 0 aromatic heterocycles. The van der Waals surface area contributed by atoms with Gasteiger partial charge >= 0.3 is 0 Å². The Kier molecular flexibility index (Phi) is 5.18. The molecule has 5 heteroatoms. The summed E-state index contributed by atoms with van der Waals surface area (Å²) in [5.74, 6) is 0.0507. The highest BCUT2D eigenvalue weighted by atomic mass is 35.5. The average molecular weight is 329 g/mol. The summed E-state index contributed by atoms with van der Waals surface area (Å²) in [6.07, 6.45) is 2.78. The fourth-order valence-electron chi connectivity index (χ4n) is 2.90. The summed E-state index contributed by atoms with van der Waals surface area (Å²) in [6.45, 7) is 4.96. The summed E-state index contributed by atoms with van der Waals surface area (Å²) in [7, 11) is 2.07. The van der Waals surface area contributed by atoms with E-state index in [0.29, 0.717) is 22.5 Å². The Morgan fingerprint density at radius 3 is 2.76 bits per heavy atom. The van der Waals surface area contributed by atoms with Crippen LogP contribution in [-0.4, -0.2) is 30.4 Å². The Morgan fingerprint density at radius 1 is 1.43 bits per heavy atom. The van der Waals surface area contributed by atoms with Gasteiger partial charge in [0.2, 0.25) is 5.91 Å². The third-order valence-corrected chi connectivity index (χ3v) is 4.99. The Hall–Kier alpha value is -0.770. The zero-order chi connectivity index (χ0) is 15.6. The SMILES string of the molecule is CN1CCC[C@@H]1CC(=O)NC(C)(C)c1cccc(Cl)c1Cl. The van der Waals surface area contributed by atoms with Gasteiger partial charge in [0.05, 0.1) is 15.6 Å². The number of hydrogen-bond acceptors (Lipinski definition) is 2. The quantitative estimate of drug-likeness (QED) is 0.910. The minimum absolute atomic E-state index is 0.0507. The van der Waals surface area contributed by atoms with Crippen LogP contribution in [-0.2, 0) is 10.3 Å². The van der Waals surface area contributed by atoms with E-state index in [-0.39, 0.29) is 5.91 Å². The first kappa shape index (κ1) is 16.6. The molecule has 0 saturated carbocycles. The first-order valence-corrected chi connectivity index (χ1v) is 8.02. The van der Waals surface area contributed by atoms with E-state index in [0.717, 1.165) is 24.9 Å². The zero-order valence-corrected chi connectivity index (χ0v) is 14.3. The van der Waals surface area contributed by atoms with Gasteiger partial charge in [0.15, 0.2) is 0 Å². The van der Waals surface area contributed by atoms with Gasteiger partial charge < -0.3 is 10.2 Å². The number of benzene rings is 1. The molecule has 1 amide bonds. The molecule has 0 bridgehead atoms. The summed E-state index contributed by atoms with van der Waals surface area (Å²) in [5.41, 5.74) is 0.292. The van der Waals surface area contributed by atoms with Crippen LogP contribution in [0.15, 0.2) is 18.2 Å². The van der Waals surface area contributed by atoms with E-state index < -0.39 is 5.54 Å². The van der Waals surface area contributed by atoms with Gasteiger partial charge in [-0.15, -0.1) is 0 Å². The Morgan fingerprint density at radius 2 is 2.14 bits per heavy atom. The van der Waals surface area contributed by atoms with Crippen molar-refractivity contribution >= 4 is 29.1 Å². The molecule has 0 spiro atoms. The lowest BCUT2D eigenvalue weighted by molar-refractivity contribution is -0.123. The van der Waals surface area contributed by atoms with Crippen molar-refractivity contribution in [1.29, 1.82) is 0 Å². The second-order valence-electron chi connectivity index (χ2n) is 6.26. The van der Waals surface area contributed by atoms with Crippen LogP contribution in [0.4, 0.5) is 0 Å². The Bertz CT molecular complexity index is 531. The van der Waals surface area contributed by atoms with Gasteiger partial charge in [-0.25, -0.2) is 0 Å². The zero-order valence-electron chi connectivity index (χ0n) is 12.7. The number of likely N-dealkylation sites (tertiary alicyclic amines) is 1. The molecule has 1 aromatic carbocycles. The van der Waals surface area contributed by atoms with Crippen LogP contribution in [0.5, 0.6) is 0 Å². The van der Waals surface area contributed by atoms with E-state index in [1.54, 1.807) is 6.07 Å². The molecule has 21 heavy (non-hydrogen) atoms. The number of nitrogens with one attached hydrogen (secondary N) is 1. The normalized spacial score (nSPS) is 19.8. The second kappa shape index (κ2) is 6.55. The first-order valence-electron chi connectivity index (χ1n) is 7.27. The second-order valence-corrected chi connectivity index (χ2v) is 7.04. The van der Waals surface area contributed by atoms with Crippen molar-refractivity contribution in [2.45, 2.75) is 44.7 Å². The van der Waals surface area contributed by atoms with Crippen LogP contribution >= 0.6 is 23.2 Å². The highest BCUT2D eigenvalue weighted by Gasteiger charge is 2.29. The number of carbonyl (C=O) groups is 1. The topological polar surface area (TPSA) is 32.3 Å². The third kappa shape index (κ3) is 3.91. The van der Waals surface area contributed by atoms with Gasteiger partial charge in [-0.3, -0.25) is 4.79 Å². The van der Waals surface area contributed by atoms with Crippen LogP contribution in [0.2, 0.25) is 10.0 Å². The smallest absolute Gasteiger partial charge is 0.222 e. The molecule has 1 N–H and O–H groups in total. The minimum Gasteiger partial charge on any atom is -0.347 e. The van der Waals surface area contributed by atoms with Crippen LogP contribution in [0.1, 0.15) is 38.7 Å². The van der Waals surface area contributed by atoms with Crippen LogP contribution in [0.25, 0.3) is 0 Å². The summed E-state index contributed by atoms with van der Waals surface area (Å²) in [6, 6.07) is 5.84. The summed E-state index contributed by atoms with van der Waals surface area (Å²) in [5, 5.41) is 4.09. The van der Waals surface area contributed by atoms with Crippen LogP contribution < -0.4 is 5.32 Å². The molecule has 1 saturated heterocycles. The molecule has 116 valence electrons. The summed E-state index contributed by atoms with van der Waals surface area (Å²) >= 11 is 12.3. The number of amides is 1. The number of hydrogen-bond donors (Lipinski definition) is 1. The van der Waals surface area contributed by atoms with Crippen LogP contribution in [0.3, 0.4) is 0 Å². The maximum Gasteiger partial charge on any atom is 0.222 e. The molecule has 1 aliphatic heterocycles. The van der Waals surface area contributed by atoms with Gasteiger partial charge in [-0.2, -0.15) is 0 Å². The molecule has 0 unspecified atom stereocenters. The average Bonchev–Trinajstić information content (AvgIpc) is 2.77. The van der Waals surface area contributed by atoms with Crippen molar-refractivity contribution in [2.24, 2.45) is 0 Å². The monoisotopic (exact) mass is 328 g/mol. The lowest BCUT2D eigenvalue weighted by atomic mass is 9.93. The van der Waals surface area contributed by atoms with E-state index >= 15 is 0 Å². The molecule has 2 rings (SSSR count). The highest BCUT2D eigenvalue weighted by molar-refractivity contribution is 6.42. The van der Waals surface area contributed by atoms with Gasteiger partial charge in [0.25, 0.3) is 0 Å². The predicted octanol–water partition coefficient (Wildman–Crippen LogP) is 3.83. The van der Waals surface area contributed by atoms with Crippen molar-refractivity contribution in [3.8, 4) is 0 Å². The lowest BCUT2D eigenvalue weighted by Crippen LogP contribution is -2.43. The lowest BCUT2D eigenvalue weighted by Gasteiger charge is -2.29. The minimum atomic E-state index is -0.545. The predicted molar refractivity (Wildman–Crippen MR) is 87.9 cm³/mol. The molecule has 1 fully saturated rings. The fourth-order valence-corrected chi connectivity index (χ4v) is 3.44. The number of halogens is 2. The van der Waals surface area contributed by atoms with Crippen molar-refractivity contribution in [2.75, 3.05) is 13.6 Å².